The smallest absolute Gasteiger partial charge is 0.411 e. The van der Waals surface area contributed by atoms with Gasteiger partial charge >= 0.3 is 6.09 Å². The lowest BCUT2D eigenvalue weighted by atomic mass is 9.84. The number of aliphatic hydroxyl groups excluding tert-OH is 1. The summed E-state index contributed by atoms with van der Waals surface area (Å²) in [5.74, 6) is -0.418. The van der Waals surface area contributed by atoms with E-state index in [1.807, 2.05) is 90.9 Å². The van der Waals surface area contributed by atoms with Crippen LogP contribution < -0.4 is 0 Å². The molecular formula is C28H39NO4. The first-order chi connectivity index (χ1) is 15.1. The molecule has 1 unspecified atom stereocenters. The molecule has 0 spiro atoms. The van der Waals surface area contributed by atoms with Crippen molar-refractivity contribution < 1.29 is 19.4 Å². The number of Topliss-reactive ketones (excluding diaryl/α,β-unsaturated/α-hetero) is 1. The van der Waals surface area contributed by atoms with Crippen LogP contribution in [0.2, 0.25) is 0 Å². The number of fused-ring (bicyclic) bond motifs is 1. The summed E-state index contributed by atoms with van der Waals surface area (Å²) >= 11 is 0. The van der Waals surface area contributed by atoms with Gasteiger partial charge in [0.2, 0.25) is 5.78 Å². The molecule has 0 aliphatic rings. The van der Waals surface area contributed by atoms with Gasteiger partial charge in [-0.3, -0.25) is 4.79 Å². The van der Waals surface area contributed by atoms with Crippen LogP contribution in [-0.4, -0.2) is 39.6 Å². The van der Waals surface area contributed by atoms with E-state index in [0.29, 0.717) is 5.56 Å². The number of carbonyl (C=O) groups is 2. The topological polar surface area (TPSA) is 66.8 Å². The number of ketones is 1. The Labute approximate surface area is 198 Å². The summed E-state index contributed by atoms with van der Waals surface area (Å²) in [6.07, 6.45) is 0.0761. The van der Waals surface area contributed by atoms with Crippen LogP contribution in [0, 0.1) is 5.41 Å². The summed E-state index contributed by atoms with van der Waals surface area (Å²) in [4.78, 5) is 28.2. The summed E-state index contributed by atoms with van der Waals surface area (Å²) < 4.78 is 5.72. The van der Waals surface area contributed by atoms with Crippen molar-refractivity contribution in [3.05, 3.63) is 59.7 Å². The molecule has 0 radical (unpaired) electrons. The molecule has 1 atom stereocenters. The average Bonchev–Trinajstić information content (AvgIpc) is 2.68. The Morgan fingerprint density at radius 1 is 0.909 bits per heavy atom. The van der Waals surface area contributed by atoms with Crippen LogP contribution >= 0.6 is 0 Å². The van der Waals surface area contributed by atoms with Crippen molar-refractivity contribution >= 4 is 22.6 Å². The van der Waals surface area contributed by atoms with E-state index < -0.39 is 23.6 Å². The zero-order valence-corrected chi connectivity index (χ0v) is 21.5. The number of hydrogen-bond acceptors (Lipinski definition) is 4. The van der Waals surface area contributed by atoms with Crippen molar-refractivity contribution in [3.63, 3.8) is 0 Å². The number of rotatable bonds is 7. The summed E-state index contributed by atoms with van der Waals surface area (Å²) in [6, 6.07) is 13.4. The van der Waals surface area contributed by atoms with E-state index in [1.54, 1.807) is 24.8 Å². The van der Waals surface area contributed by atoms with Crippen molar-refractivity contribution in [3.8, 4) is 0 Å². The van der Waals surface area contributed by atoms with Crippen LogP contribution in [0.25, 0.3) is 10.8 Å². The third kappa shape index (κ3) is 6.67. The lowest BCUT2D eigenvalue weighted by Crippen LogP contribution is -2.48. The lowest BCUT2D eigenvalue weighted by molar-refractivity contribution is -0.133. The fraction of sp³-hybridized carbons (Fsp3) is 0.500. The van der Waals surface area contributed by atoms with Gasteiger partial charge in [0.15, 0.2) is 5.60 Å². The highest BCUT2D eigenvalue weighted by molar-refractivity contribution is 6.03. The number of ether oxygens (including phenoxy) is 1. The van der Waals surface area contributed by atoms with Gasteiger partial charge in [-0.15, -0.1) is 0 Å². The number of carbonyl (C=O) groups excluding carboxylic acids is 2. The number of hydrogen-bond donors (Lipinski definition) is 1. The third-order valence-electron chi connectivity index (χ3n) is 5.45. The lowest BCUT2D eigenvalue weighted by Gasteiger charge is -2.34. The fourth-order valence-corrected chi connectivity index (χ4v) is 3.98. The Bertz CT molecular complexity index is 1020. The SMILES string of the molecule is CC(C)N(C(=O)OC(C)(C)C(=O)/C(=C\C(C)(C)C)C(O)c1ccc2ccccc2c1)C(C)C. The molecule has 2 rings (SSSR count). The van der Waals surface area contributed by atoms with Gasteiger partial charge in [-0.1, -0.05) is 63.2 Å². The molecule has 0 saturated carbocycles. The van der Waals surface area contributed by atoms with Gasteiger partial charge in [-0.05, 0) is 69.4 Å². The maximum absolute atomic E-state index is 13.7. The van der Waals surface area contributed by atoms with Crippen molar-refractivity contribution in [2.45, 2.75) is 86.1 Å². The van der Waals surface area contributed by atoms with E-state index in [-0.39, 0.29) is 23.1 Å². The van der Waals surface area contributed by atoms with Crippen LogP contribution in [-0.2, 0) is 9.53 Å². The molecule has 0 aliphatic carbocycles. The summed E-state index contributed by atoms with van der Waals surface area (Å²) in [7, 11) is 0. The first kappa shape index (κ1) is 26.6. The minimum absolute atomic E-state index is 0.0730. The van der Waals surface area contributed by atoms with Gasteiger partial charge in [0, 0.05) is 17.7 Å². The summed E-state index contributed by atoms with van der Waals surface area (Å²) in [6.45, 7) is 16.7. The molecule has 5 heteroatoms. The number of amides is 1. The van der Waals surface area contributed by atoms with Crippen molar-refractivity contribution in [2.24, 2.45) is 5.41 Å². The quantitative estimate of drug-likeness (QED) is 0.489. The monoisotopic (exact) mass is 453 g/mol. The van der Waals surface area contributed by atoms with E-state index in [0.717, 1.165) is 10.8 Å². The molecule has 0 saturated heterocycles. The zero-order valence-electron chi connectivity index (χ0n) is 21.5. The maximum Gasteiger partial charge on any atom is 0.411 e. The second-order valence-corrected chi connectivity index (χ2v) is 10.8. The van der Waals surface area contributed by atoms with E-state index in [9.17, 15) is 14.7 Å². The Balaban J connectivity index is 2.44. The average molecular weight is 454 g/mol. The Kier molecular flexibility index (Phi) is 8.13. The van der Waals surface area contributed by atoms with Gasteiger partial charge in [0.05, 0.1) is 0 Å². The predicted octanol–water partition coefficient (Wildman–Crippen LogP) is 6.45. The molecule has 0 heterocycles. The van der Waals surface area contributed by atoms with Crippen molar-refractivity contribution in [1.29, 1.82) is 0 Å². The van der Waals surface area contributed by atoms with Crippen molar-refractivity contribution in [2.75, 3.05) is 0 Å². The number of benzene rings is 2. The normalized spacial score (nSPS) is 14.0. The highest BCUT2D eigenvalue weighted by atomic mass is 16.6. The first-order valence-electron chi connectivity index (χ1n) is 11.6. The first-order valence-corrected chi connectivity index (χ1v) is 11.6. The van der Waals surface area contributed by atoms with Gasteiger partial charge in [-0.2, -0.15) is 0 Å². The molecular weight excluding hydrogens is 414 g/mol. The van der Waals surface area contributed by atoms with Crippen LogP contribution in [0.3, 0.4) is 0 Å². The molecule has 1 amide bonds. The molecule has 180 valence electrons. The number of nitrogens with zero attached hydrogens (tertiary/aromatic N) is 1. The van der Waals surface area contributed by atoms with Gasteiger partial charge in [0.25, 0.3) is 0 Å². The molecule has 0 aromatic heterocycles. The molecule has 0 bridgehead atoms. The molecule has 2 aromatic carbocycles. The Hall–Kier alpha value is -2.66. The molecule has 0 fully saturated rings. The number of aliphatic hydroxyl groups is 1. The van der Waals surface area contributed by atoms with Crippen LogP contribution in [0.5, 0.6) is 0 Å². The van der Waals surface area contributed by atoms with E-state index in [4.69, 9.17) is 4.74 Å². The van der Waals surface area contributed by atoms with E-state index in [1.165, 1.54) is 0 Å². The maximum atomic E-state index is 13.7. The van der Waals surface area contributed by atoms with Crippen molar-refractivity contribution in [1.82, 2.24) is 4.90 Å². The number of allylic oxidation sites excluding steroid dienone is 1. The second kappa shape index (κ2) is 10.1. The fourth-order valence-electron chi connectivity index (χ4n) is 3.98. The zero-order chi connectivity index (χ0) is 25.1. The van der Waals surface area contributed by atoms with Crippen LogP contribution in [0.4, 0.5) is 4.79 Å². The molecule has 5 nitrogen and oxygen atoms in total. The van der Waals surface area contributed by atoms with Gasteiger partial charge in [-0.25, -0.2) is 4.79 Å². The standard InChI is InChI=1S/C28H39NO4/c1-18(2)29(19(3)4)26(32)33-28(8,9)25(31)23(17-27(5,6)7)24(30)22-15-14-20-12-10-11-13-21(20)16-22/h10-19,24,30H,1-9H3/b23-17-. The van der Waals surface area contributed by atoms with Gasteiger partial charge < -0.3 is 14.7 Å². The summed E-state index contributed by atoms with van der Waals surface area (Å²) in [5, 5.41) is 13.3. The minimum atomic E-state index is -1.45. The van der Waals surface area contributed by atoms with Crippen LogP contribution in [0.1, 0.15) is 74.0 Å². The second-order valence-electron chi connectivity index (χ2n) is 10.8. The summed E-state index contributed by atoms with van der Waals surface area (Å²) in [5.41, 5.74) is -0.986. The molecule has 2 aromatic rings. The third-order valence-corrected chi connectivity index (χ3v) is 5.45. The highest BCUT2D eigenvalue weighted by Gasteiger charge is 2.39. The van der Waals surface area contributed by atoms with E-state index in [2.05, 4.69) is 0 Å². The van der Waals surface area contributed by atoms with Crippen LogP contribution in [0.15, 0.2) is 54.1 Å². The Morgan fingerprint density at radius 3 is 1.97 bits per heavy atom. The molecule has 0 aliphatic heterocycles. The highest BCUT2D eigenvalue weighted by Crippen LogP contribution is 2.33. The molecule has 1 N–H and O–H groups in total. The molecule has 33 heavy (non-hydrogen) atoms. The van der Waals surface area contributed by atoms with E-state index >= 15 is 0 Å². The van der Waals surface area contributed by atoms with Gasteiger partial charge in [0.1, 0.15) is 6.10 Å². The minimum Gasteiger partial charge on any atom is -0.435 e. The predicted molar refractivity (Wildman–Crippen MR) is 134 cm³/mol. The largest absolute Gasteiger partial charge is 0.435 e. The Morgan fingerprint density at radius 2 is 1.45 bits per heavy atom.